The van der Waals surface area contributed by atoms with Gasteiger partial charge in [0.25, 0.3) is 0 Å². The van der Waals surface area contributed by atoms with Crippen LogP contribution in [0, 0.1) is 6.92 Å². The highest BCUT2D eigenvalue weighted by atomic mass is 15.1. The van der Waals surface area contributed by atoms with E-state index < -0.39 is 0 Å². The molecule has 1 aromatic carbocycles. The van der Waals surface area contributed by atoms with E-state index in [1.165, 1.54) is 24.0 Å². The standard InChI is InChI=1S/C26H23N7/c1-15-21(10-11-27-24(15)19-7-6-17-4-3-5-18(17)12-19)30-16(2)25-26-23(32-33-25)9-8-22(31-26)20-13-28-29-14-20/h6-14H,2-5H2,1H3,(H,27,30)(H,28,29)(H,32,33). The Hall–Kier alpha value is -4.26. The summed E-state index contributed by atoms with van der Waals surface area (Å²) in [4.78, 5) is 9.48. The van der Waals surface area contributed by atoms with E-state index in [9.17, 15) is 0 Å². The van der Waals surface area contributed by atoms with Crippen molar-refractivity contribution in [1.82, 2.24) is 30.4 Å². The minimum atomic E-state index is 0.673. The van der Waals surface area contributed by atoms with Crippen molar-refractivity contribution in [3.8, 4) is 22.5 Å². The number of aromatic amines is 2. The molecule has 0 atom stereocenters. The molecule has 0 fully saturated rings. The fourth-order valence-corrected chi connectivity index (χ4v) is 4.56. The molecule has 4 aromatic heterocycles. The van der Waals surface area contributed by atoms with E-state index in [0.29, 0.717) is 11.4 Å². The topological polar surface area (TPSA) is 95.2 Å². The maximum absolute atomic E-state index is 4.79. The summed E-state index contributed by atoms with van der Waals surface area (Å²) in [5.41, 5.74) is 11.8. The number of nitrogens with zero attached hydrogens (tertiary/aromatic N) is 4. The van der Waals surface area contributed by atoms with E-state index in [2.05, 4.69) is 62.4 Å². The van der Waals surface area contributed by atoms with Crippen molar-refractivity contribution >= 4 is 22.4 Å². The van der Waals surface area contributed by atoms with Gasteiger partial charge in [-0.3, -0.25) is 15.2 Å². The van der Waals surface area contributed by atoms with Crippen LogP contribution < -0.4 is 5.32 Å². The van der Waals surface area contributed by atoms with E-state index >= 15 is 0 Å². The van der Waals surface area contributed by atoms with Crippen LogP contribution in [-0.4, -0.2) is 30.4 Å². The molecule has 0 unspecified atom stereocenters. The quantitative estimate of drug-likeness (QED) is 0.350. The second-order valence-corrected chi connectivity index (χ2v) is 8.42. The minimum Gasteiger partial charge on any atom is -0.354 e. The monoisotopic (exact) mass is 433 g/mol. The van der Waals surface area contributed by atoms with Crippen LogP contribution in [0.15, 0.2) is 61.6 Å². The average molecular weight is 434 g/mol. The lowest BCUT2D eigenvalue weighted by Gasteiger charge is -2.14. The molecular weight excluding hydrogens is 410 g/mol. The Morgan fingerprint density at radius 3 is 2.85 bits per heavy atom. The highest BCUT2D eigenvalue weighted by Gasteiger charge is 2.16. The number of anilines is 1. The van der Waals surface area contributed by atoms with Gasteiger partial charge in [-0.2, -0.15) is 10.2 Å². The van der Waals surface area contributed by atoms with E-state index in [0.717, 1.165) is 51.2 Å². The van der Waals surface area contributed by atoms with E-state index in [4.69, 9.17) is 4.98 Å². The zero-order valence-electron chi connectivity index (χ0n) is 18.3. The second kappa shape index (κ2) is 7.70. The maximum atomic E-state index is 4.79. The van der Waals surface area contributed by atoms with Crippen molar-refractivity contribution < 1.29 is 0 Å². The number of aromatic nitrogens is 6. The summed E-state index contributed by atoms with van der Waals surface area (Å²) in [7, 11) is 0. The predicted octanol–water partition coefficient (Wildman–Crippen LogP) is 5.29. The third-order valence-electron chi connectivity index (χ3n) is 6.35. The Morgan fingerprint density at radius 2 is 1.97 bits per heavy atom. The summed E-state index contributed by atoms with van der Waals surface area (Å²) in [6.45, 7) is 6.34. The van der Waals surface area contributed by atoms with Gasteiger partial charge in [-0.05, 0) is 67.1 Å². The fourth-order valence-electron chi connectivity index (χ4n) is 4.56. The molecular formula is C26H23N7. The number of pyridine rings is 2. The van der Waals surface area contributed by atoms with Gasteiger partial charge in [-0.25, -0.2) is 4.98 Å². The summed E-state index contributed by atoms with van der Waals surface area (Å²) in [6.07, 6.45) is 8.97. The van der Waals surface area contributed by atoms with Crippen molar-refractivity contribution in [1.29, 1.82) is 0 Å². The zero-order chi connectivity index (χ0) is 22.4. The molecule has 0 aliphatic heterocycles. The summed E-state index contributed by atoms with van der Waals surface area (Å²) in [5, 5.41) is 17.8. The van der Waals surface area contributed by atoms with Gasteiger partial charge in [0.1, 0.15) is 11.2 Å². The first-order valence-electron chi connectivity index (χ1n) is 11.1. The molecule has 0 bridgehead atoms. The Labute approximate surface area is 191 Å². The number of aryl methyl sites for hydroxylation is 2. The van der Waals surface area contributed by atoms with Crippen molar-refractivity contribution in [2.45, 2.75) is 26.2 Å². The van der Waals surface area contributed by atoms with Crippen LogP contribution >= 0.6 is 0 Å². The van der Waals surface area contributed by atoms with Crippen molar-refractivity contribution in [3.05, 3.63) is 84.0 Å². The zero-order valence-corrected chi connectivity index (χ0v) is 18.3. The third kappa shape index (κ3) is 3.38. The van der Waals surface area contributed by atoms with Gasteiger partial charge in [0.05, 0.1) is 28.8 Å². The van der Waals surface area contributed by atoms with E-state index in [-0.39, 0.29) is 0 Å². The lowest BCUT2D eigenvalue weighted by molar-refractivity contribution is 0.912. The number of nitrogens with one attached hydrogen (secondary N) is 3. The van der Waals surface area contributed by atoms with Gasteiger partial charge >= 0.3 is 0 Å². The first-order chi connectivity index (χ1) is 16.2. The number of fused-ring (bicyclic) bond motifs is 2. The lowest BCUT2D eigenvalue weighted by atomic mass is 10.0. The van der Waals surface area contributed by atoms with E-state index in [1.807, 2.05) is 30.6 Å². The molecule has 0 radical (unpaired) electrons. The van der Waals surface area contributed by atoms with Crippen molar-refractivity contribution in [3.63, 3.8) is 0 Å². The largest absolute Gasteiger partial charge is 0.354 e. The molecule has 0 saturated heterocycles. The number of benzene rings is 1. The number of rotatable bonds is 5. The smallest absolute Gasteiger partial charge is 0.134 e. The molecule has 3 N–H and O–H groups in total. The first kappa shape index (κ1) is 19.4. The molecule has 6 rings (SSSR count). The van der Waals surface area contributed by atoms with Crippen LogP contribution in [0.2, 0.25) is 0 Å². The van der Waals surface area contributed by atoms with Gasteiger partial charge in [-0.1, -0.05) is 18.7 Å². The summed E-state index contributed by atoms with van der Waals surface area (Å²) >= 11 is 0. The molecule has 162 valence electrons. The van der Waals surface area contributed by atoms with Crippen LogP contribution in [0.1, 0.15) is 28.8 Å². The van der Waals surface area contributed by atoms with Gasteiger partial charge in [0.2, 0.25) is 0 Å². The third-order valence-corrected chi connectivity index (χ3v) is 6.35. The van der Waals surface area contributed by atoms with Gasteiger partial charge in [0, 0.05) is 29.2 Å². The molecule has 7 nitrogen and oxygen atoms in total. The Balaban J connectivity index is 1.33. The van der Waals surface area contributed by atoms with Crippen molar-refractivity contribution in [2.24, 2.45) is 0 Å². The van der Waals surface area contributed by atoms with E-state index in [1.54, 1.807) is 6.20 Å². The molecule has 0 saturated carbocycles. The Bertz CT molecular complexity index is 1490. The molecule has 1 aliphatic carbocycles. The predicted molar refractivity (Wildman–Crippen MR) is 131 cm³/mol. The molecule has 7 heteroatoms. The number of H-pyrrole nitrogens is 2. The minimum absolute atomic E-state index is 0.673. The Morgan fingerprint density at radius 1 is 1.06 bits per heavy atom. The average Bonchev–Trinajstić information content (AvgIpc) is 3.59. The summed E-state index contributed by atoms with van der Waals surface area (Å²) < 4.78 is 0. The molecule has 5 aromatic rings. The lowest BCUT2D eigenvalue weighted by Crippen LogP contribution is -2.02. The van der Waals surface area contributed by atoms with Gasteiger partial charge in [-0.15, -0.1) is 0 Å². The molecule has 0 spiro atoms. The van der Waals surface area contributed by atoms with Crippen LogP contribution in [0.5, 0.6) is 0 Å². The summed E-state index contributed by atoms with van der Waals surface area (Å²) in [6, 6.07) is 12.6. The SMILES string of the molecule is C=C(Nc1ccnc(-c2ccc3c(c2)CCC3)c1C)c1n[nH]c2ccc(-c3cn[nH]c3)nc12. The number of hydrogen-bond donors (Lipinski definition) is 3. The molecule has 1 aliphatic rings. The number of hydrogen-bond acceptors (Lipinski definition) is 5. The van der Waals surface area contributed by atoms with Crippen LogP contribution in [-0.2, 0) is 12.8 Å². The molecule has 33 heavy (non-hydrogen) atoms. The van der Waals surface area contributed by atoms with Crippen molar-refractivity contribution in [2.75, 3.05) is 5.32 Å². The Kier molecular flexibility index (Phi) is 4.54. The molecule has 0 amide bonds. The molecule has 4 heterocycles. The van der Waals surface area contributed by atoms with Gasteiger partial charge in [0.15, 0.2) is 0 Å². The van der Waals surface area contributed by atoms with Crippen LogP contribution in [0.25, 0.3) is 39.2 Å². The normalized spacial score (nSPS) is 12.8. The first-order valence-corrected chi connectivity index (χ1v) is 11.1. The summed E-state index contributed by atoms with van der Waals surface area (Å²) in [5.74, 6) is 0. The maximum Gasteiger partial charge on any atom is 0.134 e. The highest BCUT2D eigenvalue weighted by molar-refractivity contribution is 5.91. The highest BCUT2D eigenvalue weighted by Crippen LogP contribution is 2.32. The van der Waals surface area contributed by atoms with Gasteiger partial charge < -0.3 is 5.32 Å². The van der Waals surface area contributed by atoms with Crippen LogP contribution in [0.3, 0.4) is 0 Å². The van der Waals surface area contributed by atoms with Crippen LogP contribution in [0.4, 0.5) is 5.69 Å². The fraction of sp³-hybridized carbons (Fsp3) is 0.154. The second-order valence-electron chi connectivity index (χ2n) is 8.42.